The predicted octanol–water partition coefficient (Wildman–Crippen LogP) is 4.78. The van der Waals surface area contributed by atoms with Gasteiger partial charge in [-0.1, -0.05) is 37.2 Å². The molecule has 0 saturated carbocycles. The van der Waals surface area contributed by atoms with Gasteiger partial charge >= 0.3 is 12.5 Å². The third-order valence-electron chi connectivity index (χ3n) is 3.97. The van der Waals surface area contributed by atoms with Crippen LogP contribution in [-0.2, 0) is 0 Å². The fourth-order valence-electron chi connectivity index (χ4n) is 2.28. The van der Waals surface area contributed by atoms with Crippen LogP contribution in [0.25, 0.3) is 5.82 Å². The summed E-state index contributed by atoms with van der Waals surface area (Å²) in [5, 5.41) is 7.47. The summed E-state index contributed by atoms with van der Waals surface area (Å²) < 4.78 is 55.9. The zero-order valence-corrected chi connectivity index (χ0v) is 16.4. The lowest BCUT2D eigenvalue weighted by Crippen LogP contribution is -2.33. The number of ether oxygens (including phenoxy) is 1. The normalized spacial score (nSPS) is 13.8. The van der Waals surface area contributed by atoms with E-state index in [2.05, 4.69) is 26.7 Å². The van der Waals surface area contributed by atoms with Gasteiger partial charge < -0.3 is 15.8 Å². The average molecular weight is 434 g/mol. The Hall–Kier alpha value is -2.75. The molecule has 29 heavy (non-hydrogen) atoms. The summed E-state index contributed by atoms with van der Waals surface area (Å²) in [6.45, 7) is 7.55. The van der Waals surface area contributed by atoms with E-state index in [4.69, 9.17) is 17.3 Å². The van der Waals surface area contributed by atoms with Gasteiger partial charge in [0.1, 0.15) is 12.1 Å². The predicted molar refractivity (Wildman–Crippen MR) is 103 cm³/mol. The van der Waals surface area contributed by atoms with Crippen LogP contribution in [0.3, 0.4) is 0 Å². The second-order valence-corrected chi connectivity index (χ2v) is 6.43. The highest BCUT2D eigenvalue weighted by Gasteiger charge is 2.43. The Morgan fingerprint density at radius 2 is 1.97 bits per heavy atom. The van der Waals surface area contributed by atoms with Crippen molar-refractivity contribution in [2.45, 2.75) is 38.8 Å². The molecule has 3 N–H and O–H groups in total. The minimum absolute atomic E-state index is 0.0970. The molecule has 0 aliphatic heterocycles. The van der Waals surface area contributed by atoms with Crippen molar-refractivity contribution in [2.75, 3.05) is 5.73 Å². The van der Waals surface area contributed by atoms with Crippen LogP contribution >= 0.6 is 11.6 Å². The first-order valence-corrected chi connectivity index (χ1v) is 8.89. The molecule has 0 saturated heterocycles. The van der Waals surface area contributed by atoms with Gasteiger partial charge in [-0.15, -0.1) is 0 Å². The van der Waals surface area contributed by atoms with Crippen molar-refractivity contribution < 1.29 is 22.3 Å². The van der Waals surface area contributed by atoms with Gasteiger partial charge in [0.2, 0.25) is 5.95 Å². The molecule has 0 amide bonds. The van der Waals surface area contributed by atoms with Crippen LogP contribution in [-0.4, -0.2) is 27.3 Å². The van der Waals surface area contributed by atoms with E-state index in [0.29, 0.717) is 28.4 Å². The number of rotatable bonds is 9. The van der Waals surface area contributed by atoms with E-state index in [1.807, 2.05) is 6.92 Å². The average Bonchev–Trinajstić information content (AvgIpc) is 3.10. The Balaban J connectivity index is 2.25. The van der Waals surface area contributed by atoms with E-state index < -0.39 is 18.6 Å². The Kier molecular flexibility index (Phi) is 7.12. The molecule has 1 atom stereocenters. The molecule has 2 rings (SSSR count). The number of alkyl halides is 4. The molecule has 0 fully saturated rings. The third kappa shape index (κ3) is 5.41. The lowest BCUT2D eigenvalue weighted by atomic mass is 10.1. The van der Waals surface area contributed by atoms with Crippen molar-refractivity contribution in [1.82, 2.24) is 20.1 Å². The molecule has 0 unspecified atom stereocenters. The number of nitrogen functional groups attached to an aromatic ring is 1. The van der Waals surface area contributed by atoms with Crippen molar-refractivity contribution in [1.29, 1.82) is 0 Å². The molecule has 0 radical (unpaired) electrons. The van der Waals surface area contributed by atoms with E-state index in [0.717, 1.165) is 0 Å². The maximum absolute atomic E-state index is 13.0. The fourth-order valence-corrected chi connectivity index (χ4v) is 2.55. The molecule has 0 spiro atoms. The zero-order valence-electron chi connectivity index (χ0n) is 15.7. The van der Waals surface area contributed by atoms with E-state index in [1.54, 1.807) is 6.92 Å². The SMILES string of the molecule is C=C(CC)/C(Cl)=C(/N[C@@H](C)c1ccc(OC(F)(F)C(F)F)cc1)n1ncnc1N. The molecule has 0 aliphatic carbocycles. The van der Waals surface area contributed by atoms with E-state index in [-0.39, 0.29) is 11.7 Å². The number of halogens is 5. The molecule has 1 aromatic heterocycles. The lowest BCUT2D eigenvalue weighted by Gasteiger charge is -2.21. The van der Waals surface area contributed by atoms with Gasteiger partial charge in [0.25, 0.3) is 0 Å². The van der Waals surface area contributed by atoms with Crippen molar-refractivity contribution in [2.24, 2.45) is 0 Å². The molecule has 0 aliphatic rings. The number of nitrogens with two attached hydrogens (primary N) is 1. The van der Waals surface area contributed by atoms with Gasteiger partial charge in [-0.2, -0.15) is 32.3 Å². The van der Waals surface area contributed by atoms with Crippen LogP contribution in [0.1, 0.15) is 31.9 Å². The highest BCUT2D eigenvalue weighted by atomic mass is 35.5. The summed E-state index contributed by atoms with van der Waals surface area (Å²) in [5.74, 6) is 0.0465. The van der Waals surface area contributed by atoms with Gasteiger partial charge in [0.15, 0.2) is 5.82 Å². The standard InChI is InChI=1S/C18H20ClF4N5O/c1-4-10(2)14(19)15(28-17(24)25-9-26-28)27-11(3)12-5-7-13(8-6-12)29-18(22,23)16(20)21/h5-9,11,16,27H,2,4H2,1,3H3,(H2,24,25,26)/b15-14+/t11-/m0/s1. The molecule has 2 aromatic rings. The number of nitrogens with one attached hydrogen (secondary N) is 1. The van der Waals surface area contributed by atoms with E-state index in [9.17, 15) is 17.6 Å². The van der Waals surface area contributed by atoms with Gasteiger partial charge in [-0.05, 0) is 36.6 Å². The Morgan fingerprint density at radius 1 is 1.34 bits per heavy atom. The maximum atomic E-state index is 13.0. The largest absolute Gasteiger partial charge is 0.461 e. The number of anilines is 1. The van der Waals surface area contributed by atoms with Crippen LogP contribution < -0.4 is 15.8 Å². The first-order chi connectivity index (χ1) is 13.6. The van der Waals surface area contributed by atoms with Gasteiger partial charge in [0, 0.05) is 6.04 Å². The number of aromatic nitrogens is 3. The van der Waals surface area contributed by atoms with Crippen LogP contribution in [0.2, 0.25) is 0 Å². The summed E-state index contributed by atoms with van der Waals surface area (Å²) in [6.07, 6.45) is -6.66. The summed E-state index contributed by atoms with van der Waals surface area (Å²) >= 11 is 6.42. The lowest BCUT2D eigenvalue weighted by molar-refractivity contribution is -0.253. The number of nitrogens with zero attached hydrogens (tertiary/aromatic N) is 3. The summed E-state index contributed by atoms with van der Waals surface area (Å²) in [6, 6.07) is 4.86. The van der Waals surface area contributed by atoms with Crippen LogP contribution in [0, 0.1) is 0 Å². The van der Waals surface area contributed by atoms with Gasteiger partial charge in [0.05, 0.1) is 5.03 Å². The molecule has 11 heteroatoms. The van der Waals surface area contributed by atoms with Gasteiger partial charge in [-0.3, -0.25) is 0 Å². The molecule has 6 nitrogen and oxygen atoms in total. The second-order valence-electron chi connectivity index (χ2n) is 6.05. The van der Waals surface area contributed by atoms with Crippen LogP contribution in [0.15, 0.2) is 47.8 Å². The molecular formula is C18H20ClF4N5O. The quantitative estimate of drug-likeness (QED) is 0.439. The van der Waals surface area contributed by atoms with Gasteiger partial charge in [-0.25, -0.2) is 0 Å². The topological polar surface area (TPSA) is 78.0 Å². The Labute approximate surface area is 170 Å². The second kappa shape index (κ2) is 9.17. The Bertz CT molecular complexity index is 883. The molecule has 0 bridgehead atoms. The highest BCUT2D eigenvalue weighted by molar-refractivity contribution is 6.34. The van der Waals surface area contributed by atoms with E-state index in [1.165, 1.54) is 35.3 Å². The van der Waals surface area contributed by atoms with E-state index >= 15 is 0 Å². The Morgan fingerprint density at radius 3 is 2.45 bits per heavy atom. The molecule has 158 valence electrons. The summed E-state index contributed by atoms with van der Waals surface area (Å²) in [5.41, 5.74) is 7.09. The zero-order chi connectivity index (χ0) is 21.8. The van der Waals surface area contributed by atoms with Crippen molar-refractivity contribution >= 4 is 23.4 Å². The van der Waals surface area contributed by atoms with Crippen LogP contribution in [0.5, 0.6) is 5.75 Å². The molecular weight excluding hydrogens is 414 g/mol. The molecule has 1 heterocycles. The first kappa shape index (κ1) is 22.5. The number of allylic oxidation sites excluding steroid dienone is 2. The monoisotopic (exact) mass is 433 g/mol. The smallest absolute Gasteiger partial charge is 0.428 e. The summed E-state index contributed by atoms with van der Waals surface area (Å²) in [4.78, 5) is 3.86. The number of hydrogen-bond acceptors (Lipinski definition) is 5. The van der Waals surface area contributed by atoms with Crippen molar-refractivity contribution in [3.63, 3.8) is 0 Å². The fraction of sp³-hybridized carbons (Fsp3) is 0.333. The third-order valence-corrected chi connectivity index (χ3v) is 4.42. The number of hydrogen-bond donors (Lipinski definition) is 2. The number of benzene rings is 1. The highest BCUT2D eigenvalue weighted by Crippen LogP contribution is 2.29. The van der Waals surface area contributed by atoms with Crippen molar-refractivity contribution in [3.05, 3.63) is 53.3 Å². The first-order valence-electron chi connectivity index (χ1n) is 8.52. The minimum Gasteiger partial charge on any atom is -0.428 e. The van der Waals surface area contributed by atoms with Crippen LogP contribution in [0.4, 0.5) is 23.5 Å². The molecule has 1 aromatic carbocycles. The van der Waals surface area contributed by atoms with Crippen molar-refractivity contribution in [3.8, 4) is 5.75 Å². The maximum Gasteiger partial charge on any atom is 0.461 e. The summed E-state index contributed by atoms with van der Waals surface area (Å²) in [7, 11) is 0. The minimum atomic E-state index is -4.57.